The summed E-state index contributed by atoms with van der Waals surface area (Å²) >= 11 is 0. The van der Waals surface area contributed by atoms with Gasteiger partial charge < -0.3 is 5.32 Å². The van der Waals surface area contributed by atoms with E-state index < -0.39 is 0 Å². The van der Waals surface area contributed by atoms with Gasteiger partial charge in [-0.05, 0) is 5.92 Å². The van der Waals surface area contributed by atoms with Crippen molar-refractivity contribution in [2.75, 3.05) is 7.05 Å². The molecule has 70 valence electrons. The predicted octanol–water partition coefficient (Wildman–Crippen LogP) is 0.960. The lowest BCUT2D eigenvalue weighted by atomic mass is 10.1. The first kappa shape index (κ1) is 9.64. The average molecular weight is 179 g/mol. The first-order valence-electron chi connectivity index (χ1n) is 4.19. The Morgan fingerprint density at radius 2 is 2.08 bits per heavy atom. The van der Waals surface area contributed by atoms with E-state index in [4.69, 9.17) is 0 Å². The lowest BCUT2D eigenvalue weighted by molar-refractivity contribution is 0.0957. The number of carbonyl (C=O) groups excluding carboxylic acids is 1. The minimum absolute atomic E-state index is 0.206. The summed E-state index contributed by atoms with van der Waals surface area (Å²) in [6, 6.07) is 0. The monoisotopic (exact) mass is 179 g/mol. The lowest BCUT2D eigenvalue weighted by Crippen LogP contribution is -2.19. The van der Waals surface area contributed by atoms with Crippen LogP contribution in [0.1, 0.15) is 35.9 Å². The second kappa shape index (κ2) is 3.98. The quantitative estimate of drug-likeness (QED) is 0.735. The summed E-state index contributed by atoms with van der Waals surface area (Å²) in [6.45, 7) is 4.06. The van der Waals surface area contributed by atoms with Crippen LogP contribution in [0.2, 0.25) is 0 Å². The van der Waals surface area contributed by atoms with Crippen molar-refractivity contribution in [1.29, 1.82) is 0 Å². The molecular weight excluding hydrogens is 166 g/mol. The van der Waals surface area contributed by atoms with E-state index in [9.17, 15) is 4.79 Å². The average Bonchev–Trinajstić information content (AvgIpc) is 2.17. The van der Waals surface area contributed by atoms with E-state index in [1.54, 1.807) is 13.2 Å². The van der Waals surface area contributed by atoms with Gasteiger partial charge in [-0.15, -0.1) is 0 Å². The van der Waals surface area contributed by atoms with Gasteiger partial charge in [0.2, 0.25) is 0 Å². The maximum atomic E-state index is 11.1. The van der Waals surface area contributed by atoms with Gasteiger partial charge in [0.15, 0.2) is 0 Å². The van der Waals surface area contributed by atoms with E-state index in [1.165, 1.54) is 6.20 Å². The Kier molecular flexibility index (Phi) is 2.95. The molecule has 0 spiro atoms. The molecule has 0 aliphatic rings. The number of carbonyl (C=O) groups is 1. The Bertz CT molecular complexity index is 292. The van der Waals surface area contributed by atoms with Gasteiger partial charge in [0, 0.05) is 13.2 Å². The van der Waals surface area contributed by atoms with E-state index in [2.05, 4.69) is 15.3 Å². The van der Waals surface area contributed by atoms with Crippen LogP contribution in [0.4, 0.5) is 0 Å². The minimum atomic E-state index is -0.206. The van der Waals surface area contributed by atoms with Gasteiger partial charge in [-0.1, -0.05) is 13.8 Å². The number of rotatable bonds is 2. The van der Waals surface area contributed by atoms with Crippen molar-refractivity contribution in [2.24, 2.45) is 0 Å². The molecule has 0 aromatic carbocycles. The minimum Gasteiger partial charge on any atom is -0.354 e. The molecule has 0 unspecified atom stereocenters. The van der Waals surface area contributed by atoms with Gasteiger partial charge in [-0.2, -0.15) is 0 Å². The maximum Gasteiger partial charge on any atom is 0.271 e. The summed E-state index contributed by atoms with van der Waals surface area (Å²) in [5.41, 5.74) is 1.25. The number of nitrogens with zero attached hydrogens (tertiary/aromatic N) is 2. The molecule has 0 aliphatic heterocycles. The second-order valence-electron chi connectivity index (χ2n) is 3.06. The van der Waals surface area contributed by atoms with Crippen LogP contribution in [0, 0.1) is 0 Å². The van der Waals surface area contributed by atoms with Crippen molar-refractivity contribution >= 4 is 5.91 Å². The SMILES string of the molecule is CNC(=O)c1cnc(C(C)C)cn1. The first-order valence-corrected chi connectivity index (χ1v) is 4.19. The van der Waals surface area contributed by atoms with E-state index in [-0.39, 0.29) is 5.91 Å². The van der Waals surface area contributed by atoms with Crippen molar-refractivity contribution in [2.45, 2.75) is 19.8 Å². The van der Waals surface area contributed by atoms with E-state index in [0.29, 0.717) is 11.6 Å². The van der Waals surface area contributed by atoms with Crippen LogP contribution in [-0.4, -0.2) is 22.9 Å². The van der Waals surface area contributed by atoms with Gasteiger partial charge >= 0.3 is 0 Å². The summed E-state index contributed by atoms with van der Waals surface area (Å²) in [4.78, 5) is 19.2. The molecular formula is C9H13N3O. The standard InChI is InChI=1S/C9H13N3O/c1-6(2)7-4-12-8(5-11-7)9(13)10-3/h4-6H,1-3H3,(H,10,13). The molecule has 1 aromatic heterocycles. The van der Waals surface area contributed by atoms with Crippen LogP contribution in [0.5, 0.6) is 0 Å². The summed E-state index contributed by atoms with van der Waals surface area (Å²) in [6.07, 6.45) is 3.13. The van der Waals surface area contributed by atoms with Crippen LogP contribution in [0.3, 0.4) is 0 Å². The van der Waals surface area contributed by atoms with Gasteiger partial charge in [-0.25, -0.2) is 4.98 Å². The van der Waals surface area contributed by atoms with Crippen molar-refractivity contribution in [1.82, 2.24) is 15.3 Å². The molecule has 0 saturated heterocycles. The molecule has 4 nitrogen and oxygen atoms in total. The zero-order valence-electron chi connectivity index (χ0n) is 8.03. The number of hydrogen-bond donors (Lipinski definition) is 1. The summed E-state index contributed by atoms with van der Waals surface area (Å²) < 4.78 is 0. The topological polar surface area (TPSA) is 54.9 Å². The first-order chi connectivity index (χ1) is 6.15. The normalized spacial score (nSPS) is 10.2. The number of aromatic nitrogens is 2. The Morgan fingerprint density at radius 1 is 1.38 bits per heavy atom. The second-order valence-corrected chi connectivity index (χ2v) is 3.06. The highest BCUT2D eigenvalue weighted by Gasteiger charge is 2.06. The predicted molar refractivity (Wildman–Crippen MR) is 49.5 cm³/mol. The molecule has 4 heteroatoms. The van der Waals surface area contributed by atoms with Crippen molar-refractivity contribution in [3.05, 3.63) is 23.8 Å². The fraction of sp³-hybridized carbons (Fsp3) is 0.444. The third-order valence-electron chi connectivity index (χ3n) is 1.72. The van der Waals surface area contributed by atoms with Gasteiger partial charge in [0.25, 0.3) is 5.91 Å². The Labute approximate surface area is 77.4 Å². The number of amides is 1. The molecule has 1 heterocycles. The van der Waals surface area contributed by atoms with Gasteiger partial charge in [0.05, 0.1) is 11.9 Å². The van der Waals surface area contributed by atoms with E-state index in [1.807, 2.05) is 13.8 Å². The molecule has 0 fully saturated rings. The van der Waals surface area contributed by atoms with Crippen LogP contribution in [0.25, 0.3) is 0 Å². The molecule has 1 aromatic rings. The molecule has 1 rings (SSSR count). The van der Waals surface area contributed by atoms with Crippen LogP contribution in [0.15, 0.2) is 12.4 Å². The van der Waals surface area contributed by atoms with Crippen LogP contribution in [-0.2, 0) is 0 Å². The molecule has 0 atom stereocenters. The molecule has 1 N–H and O–H groups in total. The van der Waals surface area contributed by atoms with Crippen molar-refractivity contribution < 1.29 is 4.79 Å². The van der Waals surface area contributed by atoms with Crippen LogP contribution < -0.4 is 5.32 Å². The maximum absolute atomic E-state index is 11.1. The lowest BCUT2D eigenvalue weighted by Gasteiger charge is -2.03. The summed E-state index contributed by atoms with van der Waals surface area (Å²) in [5, 5.41) is 2.49. The third-order valence-corrected chi connectivity index (χ3v) is 1.72. The molecule has 0 bridgehead atoms. The number of nitrogens with one attached hydrogen (secondary N) is 1. The zero-order valence-corrected chi connectivity index (χ0v) is 8.03. The highest BCUT2D eigenvalue weighted by atomic mass is 16.1. The largest absolute Gasteiger partial charge is 0.354 e. The third kappa shape index (κ3) is 2.24. The molecule has 0 radical (unpaired) electrons. The van der Waals surface area contributed by atoms with Crippen LogP contribution >= 0.6 is 0 Å². The zero-order chi connectivity index (χ0) is 9.84. The highest BCUT2D eigenvalue weighted by Crippen LogP contribution is 2.08. The fourth-order valence-electron chi connectivity index (χ4n) is 0.881. The van der Waals surface area contributed by atoms with Gasteiger partial charge in [-0.3, -0.25) is 9.78 Å². The smallest absolute Gasteiger partial charge is 0.271 e. The van der Waals surface area contributed by atoms with E-state index >= 15 is 0 Å². The molecule has 0 aliphatic carbocycles. The number of hydrogen-bond acceptors (Lipinski definition) is 3. The van der Waals surface area contributed by atoms with Gasteiger partial charge in [0.1, 0.15) is 5.69 Å². The summed E-state index contributed by atoms with van der Waals surface area (Å²) in [7, 11) is 1.57. The van der Waals surface area contributed by atoms with E-state index in [0.717, 1.165) is 5.69 Å². The Morgan fingerprint density at radius 3 is 2.46 bits per heavy atom. The summed E-state index contributed by atoms with van der Waals surface area (Å²) in [5.74, 6) is 0.133. The molecule has 1 amide bonds. The Hall–Kier alpha value is -1.45. The fourth-order valence-corrected chi connectivity index (χ4v) is 0.881. The van der Waals surface area contributed by atoms with Crippen molar-refractivity contribution in [3.63, 3.8) is 0 Å². The highest BCUT2D eigenvalue weighted by molar-refractivity contribution is 5.91. The van der Waals surface area contributed by atoms with Crippen molar-refractivity contribution in [3.8, 4) is 0 Å². The Balaban J connectivity index is 2.87. The molecule has 0 saturated carbocycles. The molecule has 13 heavy (non-hydrogen) atoms.